The van der Waals surface area contributed by atoms with Crippen LogP contribution in [-0.4, -0.2) is 37.3 Å². The maximum atomic E-state index is 5.46. The van der Waals surface area contributed by atoms with Gasteiger partial charge in [0.05, 0.1) is 6.54 Å². The number of halogens is 1. The molecule has 0 spiro atoms. The summed E-state index contributed by atoms with van der Waals surface area (Å²) in [6.07, 6.45) is 1.08. The van der Waals surface area contributed by atoms with E-state index in [1.165, 1.54) is 11.3 Å². The Kier molecular flexibility index (Phi) is 7.73. The molecule has 0 bridgehead atoms. The van der Waals surface area contributed by atoms with Gasteiger partial charge < -0.3 is 20.1 Å². The fourth-order valence-corrected chi connectivity index (χ4v) is 3.56. The smallest absolute Gasteiger partial charge is 0.191 e. The third kappa shape index (κ3) is 5.53. The number of anilines is 1. The molecule has 1 fully saturated rings. The first-order valence-electron chi connectivity index (χ1n) is 10.0. The van der Waals surface area contributed by atoms with Crippen molar-refractivity contribution in [3.8, 4) is 11.3 Å². The number of hydrogen-bond donors (Lipinski definition) is 2. The highest BCUT2D eigenvalue weighted by atomic mass is 127. The second-order valence-corrected chi connectivity index (χ2v) is 7.39. The lowest BCUT2D eigenvalue weighted by atomic mass is 10.2. The molecular weight excluding hydrogens is 489 g/mol. The molecule has 6 nitrogen and oxygen atoms in total. The van der Waals surface area contributed by atoms with E-state index in [0.717, 1.165) is 42.5 Å². The molecule has 2 N–H and O–H groups in total. The summed E-state index contributed by atoms with van der Waals surface area (Å²) in [5.74, 6) is 1.56. The van der Waals surface area contributed by atoms with E-state index in [4.69, 9.17) is 4.52 Å². The summed E-state index contributed by atoms with van der Waals surface area (Å²) in [4.78, 5) is 6.77. The van der Waals surface area contributed by atoms with Crippen molar-refractivity contribution in [2.75, 3.05) is 25.0 Å². The molecule has 2 aromatic carbocycles. The van der Waals surface area contributed by atoms with Gasteiger partial charge in [-0.1, -0.05) is 53.2 Å². The van der Waals surface area contributed by atoms with Gasteiger partial charge in [0.1, 0.15) is 5.69 Å². The van der Waals surface area contributed by atoms with Gasteiger partial charge in [-0.25, -0.2) is 0 Å². The maximum Gasteiger partial charge on any atom is 0.191 e. The highest BCUT2D eigenvalue weighted by Crippen LogP contribution is 2.21. The summed E-state index contributed by atoms with van der Waals surface area (Å²) >= 11 is 0. The van der Waals surface area contributed by atoms with E-state index in [1.807, 2.05) is 36.4 Å². The predicted octanol–water partition coefficient (Wildman–Crippen LogP) is 4.21. The Bertz CT molecular complexity index is 955. The molecule has 1 saturated heterocycles. The van der Waals surface area contributed by atoms with Gasteiger partial charge in [-0.3, -0.25) is 4.99 Å². The number of aromatic nitrogens is 1. The topological polar surface area (TPSA) is 65.7 Å². The molecule has 2 heterocycles. The number of guanidine groups is 1. The molecule has 1 aliphatic rings. The highest BCUT2D eigenvalue weighted by molar-refractivity contribution is 14.0. The van der Waals surface area contributed by atoms with E-state index in [0.29, 0.717) is 12.6 Å². The summed E-state index contributed by atoms with van der Waals surface area (Å²) in [6.45, 7) is 4.68. The molecule has 158 valence electrons. The largest absolute Gasteiger partial charge is 0.369 e. The summed E-state index contributed by atoms with van der Waals surface area (Å²) in [6, 6.07) is 21.0. The Balaban J connectivity index is 0.00000256. The van der Waals surface area contributed by atoms with Gasteiger partial charge in [-0.15, -0.1) is 24.0 Å². The van der Waals surface area contributed by atoms with Gasteiger partial charge in [0.15, 0.2) is 11.7 Å². The average Bonchev–Trinajstić information content (AvgIpc) is 3.42. The van der Waals surface area contributed by atoms with Crippen LogP contribution in [0.3, 0.4) is 0 Å². The van der Waals surface area contributed by atoms with Crippen LogP contribution in [0.5, 0.6) is 0 Å². The molecule has 1 aromatic heterocycles. The highest BCUT2D eigenvalue weighted by Gasteiger charge is 2.23. The van der Waals surface area contributed by atoms with Crippen molar-refractivity contribution in [2.24, 2.45) is 4.99 Å². The zero-order valence-corrected chi connectivity index (χ0v) is 19.7. The number of aliphatic imine (C=N–C) groups is 1. The zero-order valence-electron chi connectivity index (χ0n) is 17.3. The minimum absolute atomic E-state index is 0. The normalized spacial score (nSPS) is 16.3. The average molecular weight is 517 g/mol. The molecule has 0 amide bonds. The van der Waals surface area contributed by atoms with Gasteiger partial charge in [0.25, 0.3) is 0 Å². The van der Waals surface area contributed by atoms with Crippen LogP contribution in [0.25, 0.3) is 11.3 Å². The van der Waals surface area contributed by atoms with Crippen LogP contribution in [0.15, 0.2) is 70.2 Å². The van der Waals surface area contributed by atoms with Crippen LogP contribution in [0.2, 0.25) is 0 Å². The Morgan fingerprint density at radius 1 is 1.17 bits per heavy atom. The van der Waals surface area contributed by atoms with Gasteiger partial charge in [0.2, 0.25) is 0 Å². The van der Waals surface area contributed by atoms with Crippen LogP contribution in [0.1, 0.15) is 17.7 Å². The maximum absolute atomic E-state index is 5.46. The number of benzene rings is 2. The molecular formula is C23H28IN5O. The molecule has 0 radical (unpaired) electrons. The second kappa shape index (κ2) is 10.5. The molecule has 1 unspecified atom stereocenters. The molecule has 0 saturated carbocycles. The van der Waals surface area contributed by atoms with Gasteiger partial charge in [0, 0.05) is 43.5 Å². The van der Waals surface area contributed by atoms with Crippen molar-refractivity contribution in [2.45, 2.75) is 25.9 Å². The molecule has 1 aliphatic heterocycles. The third-order valence-electron chi connectivity index (χ3n) is 5.21. The number of nitrogens with zero attached hydrogens (tertiary/aromatic N) is 3. The van der Waals surface area contributed by atoms with E-state index >= 15 is 0 Å². The quantitative estimate of drug-likeness (QED) is 0.302. The van der Waals surface area contributed by atoms with E-state index < -0.39 is 0 Å². The van der Waals surface area contributed by atoms with E-state index in [2.05, 4.69) is 56.9 Å². The first-order chi connectivity index (χ1) is 14.2. The molecule has 7 heteroatoms. The van der Waals surface area contributed by atoms with Crippen LogP contribution in [0, 0.1) is 6.92 Å². The van der Waals surface area contributed by atoms with E-state index in [1.54, 1.807) is 7.05 Å². The van der Waals surface area contributed by atoms with Gasteiger partial charge in [-0.2, -0.15) is 0 Å². The Morgan fingerprint density at radius 3 is 2.67 bits per heavy atom. The summed E-state index contributed by atoms with van der Waals surface area (Å²) in [5, 5.41) is 11.0. The van der Waals surface area contributed by atoms with Gasteiger partial charge >= 0.3 is 0 Å². The van der Waals surface area contributed by atoms with Crippen molar-refractivity contribution >= 4 is 35.6 Å². The lowest BCUT2D eigenvalue weighted by molar-refractivity contribution is 0.422. The first kappa shape index (κ1) is 22.1. The predicted molar refractivity (Wildman–Crippen MR) is 132 cm³/mol. The molecule has 30 heavy (non-hydrogen) atoms. The first-order valence-corrected chi connectivity index (χ1v) is 10.0. The fourth-order valence-electron chi connectivity index (χ4n) is 3.56. The van der Waals surface area contributed by atoms with Crippen molar-refractivity contribution in [3.63, 3.8) is 0 Å². The van der Waals surface area contributed by atoms with Crippen molar-refractivity contribution in [1.82, 2.24) is 15.8 Å². The second-order valence-electron chi connectivity index (χ2n) is 7.39. The summed E-state index contributed by atoms with van der Waals surface area (Å²) < 4.78 is 5.46. The lowest BCUT2D eigenvalue weighted by Crippen LogP contribution is -2.44. The van der Waals surface area contributed by atoms with Crippen LogP contribution in [-0.2, 0) is 6.54 Å². The monoisotopic (exact) mass is 517 g/mol. The van der Waals surface area contributed by atoms with Crippen LogP contribution in [0.4, 0.5) is 5.69 Å². The molecule has 0 aliphatic carbocycles. The fraction of sp³-hybridized carbons (Fsp3) is 0.304. The van der Waals surface area contributed by atoms with Crippen molar-refractivity contribution in [3.05, 3.63) is 71.9 Å². The van der Waals surface area contributed by atoms with E-state index in [-0.39, 0.29) is 24.0 Å². The molecule has 1 atom stereocenters. The van der Waals surface area contributed by atoms with Crippen molar-refractivity contribution in [1.29, 1.82) is 0 Å². The van der Waals surface area contributed by atoms with Crippen LogP contribution < -0.4 is 15.5 Å². The zero-order chi connectivity index (χ0) is 20.1. The molecule has 4 rings (SSSR count). The van der Waals surface area contributed by atoms with Crippen LogP contribution >= 0.6 is 24.0 Å². The Hall–Kier alpha value is -2.55. The summed E-state index contributed by atoms with van der Waals surface area (Å²) in [5.41, 5.74) is 4.44. The number of hydrogen-bond acceptors (Lipinski definition) is 4. The minimum Gasteiger partial charge on any atom is -0.369 e. The summed E-state index contributed by atoms with van der Waals surface area (Å²) in [7, 11) is 1.79. The Labute approximate surface area is 194 Å². The van der Waals surface area contributed by atoms with E-state index in [9.17, 15) is 0 Å². The molecule has 3 aromatic rings. The number of nitrogens with one attached hydrogen (secondary N) is 2. The Morgan fingerprint density at radius 2 is 1.93 bits per heavy atom. The third-order valence-corrected chi connectivity index (χ3v) is 5.21. The minimum atomic E-state index is 0. The number of aryl methyl sites for hydroxylation is 1. The van der Waals surface area contributed by atoms with Gasteiger partial charge in [-0.05, 0) is 25.5 Å². The SMILES string of the molecule is CN=C(NCc1cc(-c2ccccc2)on1)NC1CCN(c2ccc(C)cc2)C1.I. The number of rotatable bonds is 5. The van der Waals surface area contributed by atoms with Crippen molar-refractivity contribution < 1.29 is 4.52 Å². The lowest BCUT2D eigenvalue weighted by Gasteiger charge is -2.20. The standard InChI is InChI=1S/C23H27N5O.HI/c1-17-8-10-21(11-9-17)28-13-12-19(16-28)26-23(24-2)25-15-20-14-22(29-27-20)18-6-4-3-5-7-18;/h3-11,14,19H,12-13,15-16H2,1-2H3,(H2,24,25,26);1H.